The molecule has 7 heteroatoms. The summed E-state index contributed by atoms with van der Waals surface area (Å²) in [6, 6.07) is 7.47. The number of hydrogen-bond acceptors (Lipinski definition) is 5. The van der Waals surface area contributed by atoms with Gasteiger partial charge in [0.2, 0.25) is 5.91 Å². The second kappa shape index (κ2) is 8.68. The fraction of sp³-hybridized carbons (Fsp3) is 0.357. The lowest BCUT2D eigenvalue weighted by Crippen LogP contribution is -2.41. The summed E-state index contributed by atoms with van der Waals surface area (Å²) in [6.45, 7) is 0.679. The van der Waals surface area contributed by atoms with Gasteiger partial charge in [0.25, 0.3) is 0 Å². The minimum atomic E-state index is -1.12. The minimum Gasteiger partial charge on any atom is -0.480 e. The Bertz CT molecular complexity index is 539. The average molecular weight is 291 g/mol. The summed E-state index contributed by atoms with van der Waals surface area (Å²) in [7, 11) is 1.50. The van der Waals surface area contributed by atoms with Crippen molar-refractivity contribution < 1.29 is 19.4 Å². The summed E-state index contributed by atoms with van der Waals surface area (Å²) in [5.74, 6) is -1.59. The highest BCUT2D eigenvalue weighted by atomic mass is 16.5. The van der Waals surface area contributed by atoms with Gasteiger partial charge in [-0.1, -0.05) is 12.1 Å². The lowest BCUT2D eigenvalue weighted by Gasteiger charge is -2.14. The third-order valence-corrected chi connectivity index (χ3v) is 2.71. The van der Waals surface area contributed by atoms with Crippen LogP contribution < -0.4 is 10.6 Å². The van der Waals surface area contributed by atoms with Crippen LogP contribution in [-0.4, -0.2) is 43.3 Å². The molecule has 0 aliphatic heterocycles. The molecule has 1 rings (SSSR count). The van der Waals surface area contributed by atoms with Gasteiger partial charge in [0, 0.05) is 13.7 Å². The van der Waals surface area contributed by atoms with Crippen LogP contribution in [0.4, 0.5) is 5.69 Å². The molecule has 112 valence electrons. The van der Waals surface area contributed by atoms with E-state index in [4.69, 9.17) is 15.1 Å². The first kappa shape index (κ1) is 16.6. The molecule has 0 aliphatic rings. The van der Waals surface area contributed by atoms with Crippen LogP contribution in [0.15, 0.2) is 24.3 Å². The van der Waals surface area contributed by atoms with Crippen LogP contribution in [0.2, 0.25) is 0 Å². The van der Waals surface area contributed by atoms with Crippen LogP contribution in [0.5, 0.6) is 0 Å². The summed E-state index contributed by atoms with van der Waals surface area (Å²) >= 11 is 0. The number of aliphatic carboxylic acids is 1. The molecule has 1 aromatic rings. The summed E-state index contributed by atoms with van der Waals surface area (Å²) in [5.41, 5.74) is 0.691. The summed E-state index contributed by atoms with van der Waals surface area (Å²) in [6.07, 6.45) is -0.237. The number of anilines is 1. The van der Waals surface area contributed by atoms with Crippen LogP contribution in [0.25, 0.3) is 0 Å². The first-order chi connectivity index (χ1) is 10.1. The number of carboxylic acid groups (broad SMARTS) is 1. The monoisotopic (exact) mass is 291 g/mol. The van der Waals surface area contributed by atoms with Crippen molar-refractivity contribution in [3.05, 3.63) is 29.8 Å². The summed E-state index contributed by atoms with van der Waals surface area (Å²) < 4.78 is 4.81. The molecular formula is C14H17N3O4. The molecule has 0 fully saturated rings. The van der Waals surface area contributed by atoms with Gasteiger partial charge in [-0.2, -0.15) is 5.26 Å². The van der Waals surface area contributed by atoms with Crippen molar-refractivity contribution >= 4 is 17.6 Å². The van der Waals surface area contributed by atoms with Crippen LogP contribution >= 0.6 is 0 Å². The molecular weight excluding hydrogens is 274 g/mol. The molecule has 0 radical (unpaired) electrons. The second-order valence-electron chi connectivity index (χ2n) is 4.25. The molecule has 0 aliphatic carbocycles. The van der Waals surface area contributed by atoms with Gasteiger partial charge in [-0.15, -0.1) is 0 Å². The number of ether oxygens (including phenoxy) is 1. The van der Waals surface area contributed by atoms with E-state index in [2.05, 4.69) is 10.6 Å². The van der Waals surface area contributed by atoms with Gasteiger partial charge in [0.1, 0.15) is 12.1 Å². The van der Waals surface area contributed by atoms with Crippen molar-refractivity contribution in [1.29, 1.82) is 5.26 Å². The molecule has 7 nitrogen and oxygen atoms in total. The highest BCUT2D eigenvalue weighted by molar-refractivity contribution is 5.95. The molecule has 21 heavy (non-hydrogen) atoms. The first-order valence-corrected chi connectivity index (χ1v) is 6.32. The van der Waals surface area contributed by atoms with Gasteiger partial charge < -0.3 is 20.5 Å². The zero-order chi connectivity index (χ0) is 15.7. The maximum Gasteiger partial charge on any atom is 0.321 e. The van der Waals surface area contributed by atoms with Crippen LogP contribution in [0.3, 0.4) is 0 Å². The number of methoxy groups -OCH3 is 1. The summed E-state index contributed by atoms with van der Waals surface area (Å²) in [4.78, 5) is 22.9. The van der Waals surface area contributed by atoms with E-state index in [9.17, 15) is 9.59 Å². The van der Waals surface area contributed by atoms with Crippen LogP contribution in [0, 0.1) is 11.3 Å². The SMILES string of the molecule is COCCNC(CC(=O)Nc1ccccc1C#N)C(=O)O. The fourth-order valence-corrected chi connectivity index (χ4v) is 1.66. The van der Waals surface area contributed by atoms with Gasteiger partial charge in [0.05, 0.1) is 24.3 Å². The average Bonchev–Trinajstić information content (AvgIpc) is 2.46. The van der Waals surface area contributed by atoms with Gasteiger partial charge in [-0.25, -0.2) is 0 Å². The number of carbonyl (C=O) groups is 2. The molecule has 0 spiro atoms. The van der Waals surface area contributed by atoms with Gasteiger partial charge in [0.15, 0.2) is 0 Å². The lowest BCUT2D eigenvalue weighted by atomic mass is 10.1. The molecule has 1 aromatic carbocycles. The number of nitrogens with one attached hydrogen (secondary N) is 2. The zero-order valence-corrected chi connectivity index (χ0v) is 11.6. The Hall–Kier alpha value is -2.43. The number of para-hydroxylation sites is 1. The molecule has 0 heterocycles. The van der Waals surface area contributed by atoms with Gasteiger partial charge in [-0.05, 0) is 12.1 Å². The molecule has 1 amide bonds. The third kappa shape index (κ3) is 5.60. The Morgan fingerprint density at radius 3 is 2.76 bits per heavy atom. The van der Waals surface area contributed by atoms with E-state index in [1.54, 1.807) is 24.3 Å². The standard InChI is InChI=1S/C14H17N3O4/c1-21-7-6-16-12(14(19)20)8-13(18)17-11-5-3-2-4-10(11)9-15/h2-5,12,16H,6-8H2,1H3,(H,17,18)(H,19,20). The van der Waals surface area contributed by atoms with Crippen molar-refractivity contribution in [3.63, 3.8) is 0 Å². The predicted octanol–water partition coefficient (Wildman–Crippen LogP) is 0.576. The molecule has 0 aromatic heterocycles. The first-order valence-electron chi connectivity index (χ1n) is 6.32. The quantitative estimate of drug-likeness (QED) is 0.604. The predicted molar refractivity (Wildman–Crippen MR) is 75.7 cm³/mol. The number of amides is 1. The zero-order valence-electron chi connectivity index (χ0n) is 11.6. The van der Waals surface area contributed by atoms with Crippen molar-refractivity contribution in [1.82, 2.24) is 5.32 Å². The number of carbonyl (C=O) groups excluding carboxylic acids is 1. The van der Waals surface area contributed by atoms with E-state index in [1.807, 2.05) is 6.07 Å². The Labute approximate surface area is 122 Å². The third-order valence-electron chi connectivity index (χ3n) is 2.71. The van der Waals surface area contributed by atoms with E-state index >= 15 is 0 Å². The number of carboxylic acids is 1. The van der Waals surface area contributed by atoms with Crippen LogP contribution in [0.1, 0.15) is 12.0 Å². The van der Waals surface area contributed by atoms with E-state index in [0.29, 0.717) is 24.4 Å². The Balaban J connectivity index is 2.62. The van der Waals surface area contributed by atoms with E-state index in [-0.39, 0.29) is 6.42 Å². The van der Waals surface area contributed by atoms with Crippen molar-refractivity contribution in [2.75, 3.05) is 25.6 Å². The molecule has 3 N–H and O–H groups in total. The molecule has 0 saturated heterocycles. The van der Waals surface area contributed by atoms with Crippen LogP contribution in [-0.2, 0) is 14.3 Å². The smallest absolute Gasteiger partial charge is 0.321 e. The van der Waals surface area contributed by atoms with Crippen molar-refractivity contribution in [2.24, 2.45) is 0 Å². The Morgan fingerprint density at radius 1 is 1.43 bits per heavy atom. The number of benzene rings is 1. The number of hydrogen-bond donors (Lipinski definition) is 3. The Kier molecular flexibility index (Phi) is 6.87. The fourth-order valence-electron chi connectivity index (χ4n) is 1.66. The number of rotatable bonds is 8. The highest BCUT2D eigenvalue weighted by Gasteiger charge is 2.20. The lowest BCUT2D eigenvalue weighted by molar-refractivity contribution is -0.141. The largest absolute Gasteiger partial charge is 0.480 e. The maximum absolute atomic E-state index is 11.9. The minimum absolute atomic E-state index is 0.237. The Morgan fingerprint density at radius 2 is 2.14 bits per heavy atom. The maximum atomic E-state index is 11.9. The highest BCUT2D eigenvalue weighted by Crippen LogP contribution is 2.14. The number of nitriles is 1. The summed E-state index contributed by atoms with van der Waals surface area (Å²) in [5, 5.41) is 23.2. The molecule has 0 bridgehead atoms. The topological polar surface area (TPSA) is 111 Å². The molecule has 0 saturated carbocycles. The van der Waals surface area contributed by atoms with Crippen molar-refractivity contribution in [3.8, 4) is 6.07 Å². The van der Waals surface area contributed by atoms with E-state index in [0.717, 1.165) is 0 Å². The molecule has 1 atom stereocenters. The molecule has 1 unspecified atom stereocenters. The van der Waals surface area contributed by atoms with Gasteiger partial charge in [-0.3, -0.25) is 9.59 Å². The van der Waals surface area contributed by atoms with Crippen molar-refractivity contribution in [2.45, 2.75) is 12.5 Å². The van der Waals surface area contributed by atoms with E-state index < -0.39 is 17.9 Å². The van der Waals surface area contributed by atoms with E-state index in [1.165, 1.54) is 7.11 Å². The number of nitrogens with zero attached hydrogens (tertiary/aromatic N) is 1. The second-order valence-corrected chi connectivity index (χ2v) is 4.25. The van der Waals surface area contributed by atoms with Gasteiger partial charge >= 0.3 is 5.97 Å². The normalized spacial score (nSPS) is 11.4.